The highest BCUT2D eigenvalue weighted by Crippen LogP contribution is 2.22. The Balaban J connectivity index is 1.66. The fourth-order valence-corrected chi connectivity index (χ4v) is 3.56. The fraction of sp³-hybridized carbons (Fsp3) is 0.500. The van der Waals surface area contributed by atoms with E-state index >= 15 is 0 Å². The zero-order chi connectivity index (χ0) is 13.9. The summed E-state index contributed by atoms with van der Waals surface area (Å²) in [7, 11) is 0. The van der Waals surface area contributed by atoms with Gasteiger partial charge in [0.25, 0.3) is 5.91 Å². The van der Waals surface area contributed by atoms with Crippen LogP contribution in [-0.4, -0.2) is 51.6 Å². The van der Waals surface area contributed by atoms with Crippen LogP contribution >= 0.6 is 22.9 Å². The molecule has 0 aromatic carbocycles. The number of nitrogens with zero attached hydrogens (tertiary/aromatic N) is 5. The smallest absolute Gasteiger partial charge is 0.267 e. The Morgan fingerprint density at radius 2 is 2.20 bits per heavy atom. The van der Waals surface area contributed by atoms with E-state index in [1.165, 1.54) is 0 Å². The maximum Gasteiger partial charge on any atom is 0.267 e. The summed E-state index contributed by atoms with van der Waals surface area (Å²) in [5.41, 5.74) is 1.05. The standard InChI is InChI=1S/C12H15N5OS2/c1-9-8-19-12(14-9)17-4-2-3-16(5-6-17)11(18)10-7-13-15-20-10/h7-8H,2-6H2,1H3. The number of hydrogen-bond donors (Lipinski definition) is 0. The molecule has 8 heteroatoms. The molecule has 0 N–H and O–H groups in total. The summed E-state index contributed by atoms with van der Waals surface area (Å²) in [4.78, 5) is 21.6. The van der Waals surface area contributed by atoms with E-state index in [1.54, 1.807) is 17.5 Å². The average Bonchev–Trinajstić information content (AvgIpc) is 3.05. The molecule has 106 valence electrons. The van der Waals surface area contributed by atoms with Crippen LogP contribution in [0.2, 0.25) is 0 Å². The molecule has 3 heterocycles. The minimum Gasteiger partial charge on any atom is -0.346 e. The summed E-state index contributed by atoms with van der Waals surface area (Å²) in [6.07, 6.45) is 2.50. The molecule has 6 nitrogen and oxygen atoms in total. The van der Waals surface area contributed by atoms with E-state index in [1.807, 2.05) is 11.8 Å². The second-order valence-electron chi connectivity index (χ2n) is 4.69. The van der Waals surface area contributed by atoms with Gasteiger partial charge in [0.05, 0.1) is 11.9 Å². The number of aromatic nitrogens is 3. The van der Waals surface area contributed by atoms with Crippen molar-refractivity contribution in [3.8, 4) is 0 Å². The SMILES string of the molecule is Cc1csc(N2CCCN(C(=O)c3cnns3)CC2)n1. The average molecular weight is 309 g/mol. The Kier molecular flexibility index (Phi) is 3.93. The molecule has 1 amide bonds. The number of aryl methyl sites for hydroxylation is 1. The summed E-state index contributed by atoms with van der Waals surface area (Å²) in [5, 5.41) is 6.84. The number of thiazole rings is 1. The first kappa shape index (κ1) is 13.4. The van der Waals surface area contributed by atoms with Gasteiger partial charge < -0.3 is 9.80 Å². The first-order valence-electron chi connectivity index (χ1n) is 6.48. The van der Waals surface area contributed by atoms with Gasteiger partial charge in [0, 0.05) is 31.6 Å². The fourth-order valence-electron chi connectivity index (χ4n) is 2.22. The topological polar surface area (TPSA) is 62.2 Å². The Hall–Kier alpha value is -1.54. The predicted octanol–water partition coefficient (Wildman–Crippen LogP) is 1.66. The molecule has 0 spiro atoms. The molecule has 0 bridgehead atoms. The molecule has 0 unspecified atom stereocenters. The largest absolute Gasteiger partial charge is 0.346 e. The second kappa shape index (κ2) is 5.84. The van der Waals surface area contributed by atoms with E-state index in [-0.39, 0.29) is 5.91 Å². The predicted molar refractivity (Wildman–Crippen MR) is 79.5 cm³/mol. The maximum absolute atomic E-state index is 12.3. The van der Waals surface area contributed by atoms with E-state index in [9.17, 15) is 4.79 Å². The molecule has 0 atom stereocenters. The van der Waals surface area contributed by atoms with E-state index in [4.69, 9.17) is 0 Å². The summed E-state index contributed by atoms with van der Waals surface area (Å²) < 4.78 is 3.75. The highest BCUT2D eigenvalue weighted by atomic mass is 32.1. The van der Waals surface area contributed by atoms with Crippen LogP contribution in [-0.2, 0) is 0 Å². The lowest BCUT2D eigenvalue weighted by molar-refractivity contribution is 0.0771. The Labute approximate surface area is 125 Å². The molecule has 0 saturated carbocycles. The number of amides is 1. The first-order valence-corrected chi connectivity index (χ1v) is 8.13. The maximum atomic E-state index is 12.3. The van der Waals surface area contributed by atoms with Gasteiger partial charge in [0.2, 0.25) is 0 Å². The van der Waals surface area contributed by atoms with Gasteiger partial charge in [-0.05, 0) is 24.9 Å². The highest BCUT2D eigenvalue weighted by Gasteiger charge is 2.22. The summed E-state index contributed by atoms with van der Waals surface area (Å²) >= 11 is 2.82. The molecule has 0 radical (unpaired) electrons. The third-order valence-electron chi connectivity index (χ3n) is 3.23. The van der Waals surface area contributed by atoms with Crippen molar-refractivity contribution in [2.75, 3.05) is 31.1 Å². The van der Waals surface area contributed by atoms with Crippen molar-refractivity contribution in [2.24, 2.45) is 0 Å². The van der Waals surface area contributed by atoms with Crippen molar-refractivity contribution in [1.29, 1.82) is 0 Å². The third kappa shape index (κ3) is 2.80. The monoisotopic (exact) mass is 309 g/mol. The van der Waals surface area contributed by atoms with Gasteiger partial charge in [-0.3, -0.25) is 4.79 Å². The zero-order valence-electron chi connectivity index (χ0n) is 11.2. The van der Waals surface area contributed by atoms with Gasteiger partial charge in [-0.25, -0.2) is 4.98 Å². The van der Waals surface area contributed by atoms with Gasteiger partial charge >= 0.3 is 0 Å². The molecule has 3 rings (SSSR count). The van der Waals surface area contributed by atoms with Gasteiger partial charge in [-0.15, -0.1) is 16.4 Å². The summed E-state index contributed by atoms with van der Waals surface area (Å²) in [5.74, 6) is 0.0390. The van der Waals surface area contributed by atoms with Crippen molar-refractivity contribution < 1.29 is 4.79 Å². The van der Waals surface area contributed by atoms with E-state index < -0.39 is 0 Å². The number of rotatable bonds is 2. The highest BCUT2D eigenvalue weighted by molar-refractivity contribution is 7.13. The van der Waals surface area contributed by atoms with Gasteiger partial charge in [-0.1, -0.05) is 4.49 Å². The molecular formula is C12H15N5OS2. The lowest BCUT2D eigenvalue weighted by Crippen LogP contribution is -2.34. The summed E-state index contributed by atoms with van der Waals surface area (Å²) in [6.45, 7) is 5.26. The lowest BCUT2D eigenvalue weighted by atomic mass is 10.3. The van der Waals surface area contributed by atoms with Crippen molar-refractivity contribution in [2.45, 2.75) is 13.3 Å². The molecule has 2 aromatic heterocycles. The number of carbonyl (C=O) groups is 1. The van der Waals surface area contributed by atoms with Crippen molar-refractivity contribution in [3.63, 3.8) is 0 Å². The van der Waals surface area contributed by atoms with Crippen LogP contribution in [0.15, 0.2) is 11.6 Å². The molecule has 20 heavy (non-hydrogen) atoms. The Morgan fingerprint density at radius 1 is 1.30 bits per heavy atom. The van der Waals surface area contributed by atoms with Crippen LogP contribution in [0, 0.1) is 6.92 Å². The van der Waals surface area contributed by atoms with E-state index in [0.717, 1.165) is 55.0 Å². The number of anilines is 1. The van der Waals surface area contributed by atoms with Gasteiger partial charge in [-0.2, -0.15) is 0 Å². The first-order chi connectivity index (χ1) is 9.74. The van der Waals surface area contributed by atoms with E-state index in [0.29, 0.717) is 4.88 Å². The Bertz CT molecular complexity index is 582. The Morgan fingerprint density at radius 3 is 2.90 bits per heavy atom. The van der Waals surface area contributed by atoms with Crippen LogP contribution in [0.1, 0.15) is 21.8 Å². The summed E-state index contributed by atoms with van der Waals surface area (Å²) in [6, 6.07) is 0. The zero-order valence-corrected chi connectivity index (χ0v) is 12.8. The number of hydrogen-bond acceptors (Lipinski definition) is 7. The van der Waals surface area contributed by atoms with Gasteiger partial charge in [0.1, 0.15) is 4.88 Å². The second-order valence-corrected chi connectivity index (χ2v) is 6.31. The molecular weight excluding hydrogens is 294 g/mol. The molecule has 2 aromatic rings. The van der Waals surface area contributed by atoms with Crippen LogP contribution in [0.3, 0.4) is 0 Å². The van der Waals surface area contributed by atoms with Crippen molar-refractivity contribution in [1.82, 2.24) is 19.5 Å². The number of carbonyl (C=O) groups excluding carboxylic acids is 1. The van der Waals surface area contributed by atoms with Crippen LogP contribution < -0.4 is 4.90 Å². The van der Waals surface area contributed by atoms with E-state index in [2.05, 4.69) is 24.9 Å². The minimum atomic E-state index is 0.0390. The molecule has 1 aliphatic heterocycles. The quantitative estimate of drug-likeness (QED) is 0.844. The van der Waals surface area contributed by atoms with Crippen molar-refractivity contribution >= 4 is 33.9 Å². The normalized spacial score (nSPS) is 16.2. The van der Waals surface area contributed by atoms with Crippen LogP contribution in [0.5, 0.6) is 0 Å². The minimum absolute atomic E-state index is 0.0390. The third-order valence-corrected chi connectivity index (χ3v) is 4.90. The molecule has 1 aliphatic rings. The molecule has 1 fully saturated rings. The lowest BCUT2D eigenvalue weighted by Gasteiger charge is -2.20. The van der Waals surface area contributed by atoms with Crippen molar-refractivity contribution in [3.05, 3.63) is 22.1 Å². The van der Waals surface area contributed by atoms with Crippen LogP contribution in [0.4, 0.5) is 5.13 Å². The van der Waals surface area contributed by atoms with Crippen LogP contribution in [0.25, 0.3) is 0 Å². The van der Waals surface area contributed by atoms with Gasteiger partial charge in [0.15, 0.2) is 5.13 Å². The molecule has 0 aliphatic carbocycles. The molecule has 1 saturated heterocycles.